The molecule has 0 radical (unpaired) electrons. The van der Waals surface area contributed by atoms with E-state index in [2.05, 4.69) is 22.2 Å². The van der Waals surface area contributed by atoms with Gasteiger partial charge >= 0.3 is 0 Å². The Kier molecular flexibility index (Phi) is 9.54. The second-order valence-corrected chi connectivity index (χ2v) is 9.81. The summed E-state index contributed by atoms with van der Waals surface area (Å²) in [7, 11) is 2.12. The van der Waals surface area contributed by atoms with Crippen molar-refractivity contribution in [3.8, 4) is 11.5 Å². The van der Waals surface area contributed by atoms with Crippen LogP contribution in [0.1, 0.15) is 20.3 Å². The molecular formula is C28H37N5O4S. The maximum atomic E-state index is 13.7. The first-order valence-electron chi connectivity index (χ1n) is 13.2. The number of carbonyl (C=O) groups excluding carboxylic acids is 2. The van der Waals surface area contributed by atoms with E-state index in [0.29, 0.717) is 36.2 Å². The minimum absolute atomic E-state index is 0.00243. The van der Waals surface area contributed by atoms with Crippen molar-refractivity contribution in [2.75, 3.05) is 69.7 Å². The summed E-state index contributed by atoms with van der Waals surface area (Å²) in [4.78, 5) is 34.9. The number of nitrogens with one attached hydrogen (secondary N) is 1. The van der Waals surface area contributed by atoms with Crippen LogP contribution < -0.4 is 19.7 Å². The molecule has 0 bridgehead atoms. The van der Waals surface area contributed by atoms with Crippen molar-refractivity contribution in [3.05, 3.63) is 48.5 Å². The largest absolute Gasteiger partial charge is 0.494 e. The smallest absolute Gasteiger partial charge is 0.256 e. The predicted octanol–water partition coefficient (Wildman–Crippen LogP) is 3.06. The van der Waals surface area contributed by atoms with Gasteiger partial charge in [-0.05, 0) is 81.6 Å². The molecular weight excluding hydrogens is 502 g/mol. The molecule has 1 atom stereocenters. The molecule has 2 aromatic rings. The quantitative estimate of drug-likeness (QED) is 0.437. The van der Waals surface area contributed by atoms with Gasteiger partial charge in [-0.1, -0.05) is 0 Å². The molecule has 1 unspecified atom stereocenters. The first kappa shape index (κ1) is 27.8. The minimum Gasteiger partial charge on any atom is -0.494 e. The zero-order chi connectivity index (χ0) is 27.1. The van der Waals surface area contributed by atoms with Gasteiger partial charge in [0.1, 0.15) is 17.5 Å². The number of ether oxygens (including phenoxy) is 2. The average molecular weight is 540 g/mol. The number of anilines is 2. The predicted molar refractivity (Wildman–Crippen MR) is 153 cm³/mol. The summed E-state index contributed by atoms with van der Waals surface area (Å²) in [5.41, 5.74) is 1.32. The van der Waals surface area contributed by atoms with Crippen molar-refractivity contribution in [2.45, 2.75) is 26.3 Å². The van der Waals surface area contributed by atoms with Crippen LogP contribution in [-0.4, -0.2) is 97.2 Å². The van der Waals surface area contributed by atoms with Gasteiger partial charge in [0.25, 0.3) is 5.91 Å². The zero-order valence-electron chi connectivity index (χ0n) is 22.4. The number of nitrogens with zero attached hydrogens (tertiary/aromatic N) is 4. The molecule has 204 valence electrons. The van der Waals surface area contributed by atoms with Gasteiger partial charge in [-0.3, -0.25) is 19.4 Å². The fourth-order valence-corrected chi connectivity index (χ4v) is 5.11. The van der Waals surface area contributed by atoms with Crippen LogP contribution in [0.15, 0.2) is 48.5 Å². The number of thiocarbonyl (C=S) groups is 1. The number of hydrogen-bond donors (Lipinski definition) is 1. The second-order valence-electron chi connectivity index (χ2n) is 9.45. The van der Waals surface area contributed by atoms with Crippen molar-refractivity contribution in [1.82, 2.24) is 14.7 Å². The van der Waals surface area contributed by atoms with Gasteiger partial charge in [0.15, 0.2) is 5.11 Å². The van der Waals surface area contributed by atoms with Crippen LogP contribution in [0.5, 0.6) is 11.5 Å². The summed E-state index contributed by atoms with van der Waals surface area (Å²) in [6, 6.07) is 13.8. The minimum atomic E-state index is -0.677. The Balaban J connectivity index is 1.48. The summed E-state index contributed by atoms with van der Waals surface area (Å²) in [6.45, 7) is 10.3. The monoisotopic (exact) mass is 539 g/mol. The summed E-state index contributed by atoms with van der Waals surface area (Å²) >= 11 is 5.82. The molecule has 2 saturated heterocycles. The van der Waals surface area contributed by atoms with Crippen molar-refractivity contribution in [1.29, 1.82) is 0 Å². The Labute approximate surface area is 230 Å². The van der Waals surface area contributed by atoms with Gasteiger partial charge in [-0.15, -0.1) is 0 Å². The van der Waals surface area contributed by atoms with Gasteiger partial charge in [-0.2, -0.15) is 0 Å². The SMILES string of the molecule is CCOc1ccc(NC(=O)CC2C(=O)N(c3ccc(OCC)cc3)C(=S)N2CCN2CCN(C)CC2)cc1. The van der Waals surface area contributed by atoms with E-state index in [0.717, 1.165) is 44.2 Å². The van der Waals surface area contributed by atoms with E-state index < -0.39 is 6.04 Å². The molecule has 1 N–H and O–H groups in total. The van der Waals surface area contributed by atoms with Crippen LogP contribution >= 0.6 is 12.2 Å². The fourth-order valence-electron chi connectivity index (χ4n) is 4.69. The molecule has 0 spiro atoms. The maximum Gasteiger partial charge on any atom is 0.256 e. The molecule has 10 heteroatoms. The van der Waals surface area contributed by atoms with E-state index in [-0.39, 0.29) is 18.2 Å². The lowest BCUT2D eigenvalue weighted by molar-refractivity contribution is -0.124. The molecule has 38 heavy (non-hydrogen) atoms. The van der Waals surface area contributed by atoms with Crippen molar-refractivity contribution in [3.63, 3.8) is 0 Å². The van der Waals surface area contributed by atoms with Crippen LogP contribution in [0.4, 0.5) is 11.4 Å². The first-order valence-corrected chi connectivity index (χ1v) is 13.6. The Hall–Kier alpha value is -3.21. The molecule has 2 heterocycles. The van der Waals surface area contributed by atoms with E-state index in [1.807, 2.05) is 55.1 Å². The van der Waals surface area contributed by atoms with Gasteiger partial charge in [0.2, 0.25) is 5.91 Å². The van der Waals surface area contributed by atoms with Crippen LogP contribution in [0.2, 0.25) is 0 Å². The third-order valence-electron chi connectivity index (χ3n) is 6.81. The van der Waals surface area contributed by atoms with E-state index >= 15 is 0 Å². The molecule has 0 saturated carbocycles. The zero-order valence-corrected chi connectivity index (χ0v) is 23.2. The lowest BCUT2D eigenvalue weighted by Crippen LogP contribution is -2.48. The molecule has 2 aromatic carbocycles. The highest BCUT2D eigenvalue weighted by Crippen LogP contribution is 2.29. The van der Waals surface area contributed by atoms with Gasteiger partial charge in [0, 0.05) is 45.0 Å². The van der Waals surface area contributed by atoms with Crippen LogP contribution in [0.25, 0.3) is 0 Å². The van der Waals surface area contributed by atoms with E-state index in [1.165, 1.54) is 0 Å². The Bertz CT molecular complexity index is 1100. The summed E-state index contributed by atoms with van der Waals surface area (Å²) < 4.78 is 11.0. The van der Waals surface area contributed by atoms with Crippen LogP contribution in [0, 0.1) is 0 Å². The molecule has 0 aromatic heterocycles. The molecule has 2 aliphatic heterocycles. The topological polar surface area (TPSA) is 77.6 Å². The summed E-state index contributed by atoms with van der Waals surface area (Å²) in [5, 5.41) is 3.34. The number of piperazine rings is 1. The molecule has 2 amide bonds. The summed E-state index contributed by atoms with van der Waals surface area (Å²) in [6.07, 6.45) is 0.00243. The molecule has 0 aliphatic carbocycles. The first-order chi connectivity index (χ1) is 18.4. The third-order valence-corrected chi connectivity index (χ3v) is 7.22. The second kappa shape index (κ2) is 13.0. The van der Waals surface area contributed by atoms with Gasteiger partial charge in [-0.25, -0.2) is 0 Å². The highest BCUT2D eigenvalue weighted by atomic mass is 32.1. The van der Waals surface area contributed by atoms with E-state index in [1.54, 1.807) is 17.0 Å². The molecule has 4 rings (SSSR count). The van der Waals surface area contributed by atoms with Crippen LogP contribution in [0.3, 0.4) is 0 Å². The summed E-state index contributed by atoms with van der Waals surface area (Å²) in [5.74, 6) is 1.03. The molecule has 2 aliphatic rings. The van der Waals surface area contributed by atoms with E-state index in [4.69, 9.17) is 21.7 Å². The van der Waals surface area contributed by atoms with Gasteiger partial charge in [0.05, 0.1) is 25.3 Å². The number of likely N-dealkylation sites (N-methyl/N-ethyl adjacent to an activating group) is 1. The number of rotatable bonds is 11. The Morgan fingerprint density at radius 3 is 2.08 bits per heavy atom. The number of amides is 2. The van der Waals surface area contributed by atoms with Crippen molar-refractivity contribution in [2.24, 2.45) is 0 Å². The Morgan fingerprint density at radius 1 is 0.921 bits per heavy atom. The fraction of sp³-hybridized carbons (Fsp3) is 0.464. The molecule has 9 nitrogen and oxygen atoms in total. The number of benzene rings is 2. The average Bonchev–Trinajstić information content (AvgIpc) is 3.14. The highest BCUT2D eigenvalue weighted by Gasteiger charge is 2.44. The van der Waals surface area contributed by atoms with Crippen molar-refractivity contribution >= 4 is 40.5 Å². The maximum absolute atomic E-state index is 13.7. The van der Waals surface area contributed by atoms with Crippen molar-refractivity contribution < 1.29 is 19.1 Å². The normalized spacial score (nSPS) is 18.7. The molecule has 2 fully saturated rings. The van der Waals surface area contributed by atoms with Crippen LogP contribution in [-0.2, 0) is 9.59 Å². The highest BCUT2D eigenvalue weighted by molar-refractivity contribution is 7.80. The Morgan fingerprint density at radius 2 is 1.50 bits per heavy atom. The lowest BCUT2D eigenvalue weighted by atomic mass is 10.1. The third kappa shape index (κ3) is 6.80. The van der Waals surface area contributed by atoms with E-state index in [9.17, 15) is 9.59 Å². The number of carbonyl (C=O) groups is 2. The lowest BCUT2D eigenvalue weighted by Gasteiger charge is -2.34. The number of hydrogen-bond acceptors (Lipinski definition) is 7. The standard InChI is InChI=1S/C28H37N5O4S/c1-4-36-23-10-6-21(7-11-23)29-26(34)20-25-27(35)33(22-8-12-24(13-9-22)37-5-2)28(38)32(25)19-18-31-16-14-30(3)15-17-31/h6-13,25H,4-5,14-20H2,1-3H3,(H,29,34). The van der Waals surface area contributed by atoms with Gasteiger partial charge < -0.3 is 24.6 Å².